The van der Waals surface area contributed by atoms with Gasteiger partial charge in [-0.05, 0) is 59.7 Å². The molecule has 4 heterocycles. The van der Waals surface area contributed by atoms with Gasteiger partial charge in [-0.2, -0.15) is 8.61 Å². The smallest absolute Gasteiger partial charge is 0.244 e. The first-order valence-electron chi connectivity index (χ1n) is 18.2. The summed E-state index contributed by atoms with van der Waals surface area (Å²) in [6, 6.07) is 29.1. The number of sulfonamides is 2. The van der Waals surface area contributed by atoms with Gasteiger partial charge in [-0.25, -0.2) is 26.8 Å². The third-order valence-electron chi connectivity index (χ3n) is 9.58. The fourth-order valence-corrected chi connectivity index (χ4v) is 12.7. The second kappa shape index (κ2) is 19.1. The zero-order valence-corrected chi connectivity index (χ0v) is 38.0. The van der Waals surface area contributed by atoms with E-state index in [1.165, 1.54) is 14.2 Å². The van der Waals surface area contributed by atoms with E-state index in [2.05, 4.69) is 48.6 Å². The maximum atomic E-state index is 12.9. The molecule has 4 aromatic carbocycles. The first-order chi connectivity index (χ1) is 27.9. The van der Waals surface area contributed by atoms with E-state index in [0.29, 0.717) is 52.4 Å². The fourth-order valence-electron chi connectivity index (χ4n) is 6.54. The van der Waals surface area contributed by atoms with E-state index >= 15 is 0 Å². The van der Waals surface area contributed by atoms with Crippen molar-refractivity contribution in [3.63, 3.8) is 0 Å². The van der Waals surface area contributed by atoms with Crippen LogP contribution in [0, 0.1) is 0 Å². The lowest BCUT2D eigenvalue weighted by Gasteiger charge is -2.33. The summed E-state index contributed by atoms with van der Waals surface area (Å²) in [5, 5.41) is 7.21. The minimum Gasteiger partial charge on any atom is -0.345 e. The lowest BCUT2D eigenvalue weighted by atomic mass is 10.1. The molecule has 0 aliphatic carbocycles. The Hall–Kier alpha value is -3.09. The van der Waals surface area contributed by atoms with Crippen LogP contribution in [0.2, 0.25) is 15.1 Å². The third kappa shape index (κ3) is 10.4. The Morgan fingerprint density at radius 3 is 1.45 bits per heavy atom. The maximum Gasteiger partial charge on any atom is 0.244 e. The molecule has 58 heavy (non-hydrogen) atoms. The molecule has 0 bridgehead atoms. The van der Waals surface area contributed by atoms with Gasteiger partial charge in [0.25, 0.3) is 0 Å². The van der Waals surface area contributed by atoms with Gasteiger partial charge in [0, 0.05) is 85.5 Å². The molecular weight excluding hydrogens is 943 g/mol. The average Bonchev–Trinajstić information content (AvgIpc) is 3.89. The highest BCUT2D eigenvalue weighted by Crippen LogP contribution is 2.30. The van der Waals surface area contributed by atoms with Gasteiger partial charge in [0.15, 0.2) is 10.3 Å². The summed E-state index contributed by atoms with van der Waals surface area (Å²) in [5.74, 6) is 0. The van der Waals surface area contributed by atoms with Crippen molar-refractivity contribution in [2.75, 3.05) is 62.2 Å². The van der Waals surface area contributed by atoms with Crippen molar-refractivity contribution in [2.45, 2.75) is 22.6 Å². The fraction of sp³-hybridized carbons (Fsp3) is 0.250. The van der Waals surface area contributed by atoms with Gasteiger partial charge in [0.05, 0.1) is 21.4 Å². The Morgan fingerprint density at radius 1 is 0.552 bits per heavy atom. The molecule has 0 radical (unpaired) electrons. The molecule has 10 nitrogen and oxygen atoms in total. The SMILES string of the molecule is O=S(=O)(c1ccccc1Cl)N1CCN(c2nc(Cc3ccc(Cl)cc3)cs2)CC1.O=S(=O)(c1ccccc1Cl)N1CCN(c2nc(Cc3cccc(Br)c3)cs2)CC1. The second-order valence-corrected chi connectivity index (χ2v) is 21.1. The molecule has 0 atom stereocenters. The Morgan fingerprint density at radius 2 is 1.00 bits per heavy atom. The van der Waals surface area contributed by atoms with Crippen LogP contribution in [0.4, 0.5) is 10.3 Å². The summed E-state index contributed by atoms with van der Waals surface area (Å²) in [6.07, 6.45) is 1.52. The Bertz CT molecular complexity index is 2560. The maximum absolute atomic E-state index is 12.9. The predicted octanol–water partition coefficient (Wildman–Crippen LogP) is 9.21. The van der Waals surface area contributed by atoms with E-state index < -0.39 is 20.0 Å². The van der Waals surface area contributed by atoms with Crippen LogP contribution >= 0.6 is 73.4 Å². The zero-order valence-electron chi connectivity index (χ0n) is 30.9. The molecule has 304 valence electrons. The molecule has 18 heteroatoms. The third-order valence-corrected chi connectivity index (χ3v) is 17.0. The van der Waals surface area contributed by atoms with Crippen LogP contribution < -0.4 is 9.80 Å². The lowest BCUT2D eigenvalue weighted by Crippen LogP contribution is -2.48. The number of piperazine rings is 2. The van der Waals surface area contributed by atoms with Gasteiger partial charge in [0.1, 0.15) is 9.79 Å². The summed E-state index contributed by atoms with van der Waals surface area (Å²) >= 11 is 24.8. The van der Waals surface area contributed by atoms with Crippen LogP contribution in [0.5, 0.6) is 0 Å². The molecule has 2 aliphatic heterocycles. The molecule has 0 unspecified atom stereocenters. The second-order valence-electron chi connectivity index (χ2n) is 13.5. The number of rotatable bonds is 10. The molecule has 6 aromatic rings. The summed E-state index contributed by atoms with van der Waals surface area (Å²) in [5.41, 5.74) is 4.38. The van der Waals surface area contributed by atoms with Crippen LogP contribution in [0.1, 0.15) is 22.5 Å². The monoisotopic (exact) mass is 978 g/mol. The lowest BCUT2D eigenvalue weighted by molar-refractivity contribution is 0.384. The highest BCUT2D eigenvalue weighted by molar-refractivity contribution is 9.10. The van der Waals surface area contributed by atoms with Crippen molar-refractivity contribution in [1.29, 1.82) is 0 Å². The topological polar surface area (TPSA) is 107 Å². The number of halogens is 4. The molecule has 2 saturated heterocycles. The van der Waals surface area contributed by atoms with E-state index in [1.54, 1.807) is 71.2 Å². The molecular formula is C40H38BrCl3N6O4S4. The van der Waals surface area contributed by atoms with Crippen LogP contribution in [-0.4, -0.2) is 87.8 Å². The quantitative estimate of drug-likeness (QED) is 0.134. The van der Waals surface area contributed by atoms with E-state index in [1.807, 2.05) is 36.4 Å². The van der Waals surface area contributed by atoms with Gasteiger partial charge in [-0.1, -0.05) is 99.3 Å². The number of nitrogens with zero attached hydrogens (tertiary/aromatic N) is 6. The number of benzene rings is 4. The standard InChI is InChI=1S/C20H19BrClN3O2S2.C20H19Cl2N3O2S2/c21-16-5-3-4-15(12-16)13-17-14-28-20(23-17)24-8-10-25(11-9-24)29(26,27)19-7-2-1-6-18(19)22;21-16-7-5-15(6-8-16)13-17-14-28-20(23-17)24-9-11-25(12-10-24)29(26,27)19-4-2-1-3-18(19)22/h1-7,12,14H,8-11,13H2;1-8,14H,9-13H2. The number of hydrogen-bond donors (Lipinski definition) is 0. The molecule has 0 saturated carbocycles. The largest absolute Gasteiger partial charge is 0.345 e. The number of thiazole rings is 2. The molecule has 0 spiro atoms. The average molecular weight is 981 g/mol. The minimum absolute atomic E-state index is 0.162. The van der Waals surface area contributed by atoms with Crippen LogP contribution in [0.15, 0.2) is 122 Å². The first kappa shape index (κ1) is 43.0. The Labute approximate surface area is 370 Å². The Kier molecular flexibility index (Phi) is 14.2. The van der Waals surface area contributed by atoms with E-state index in [9.17, 15) is 16.8 Å². The molecule has 2 aliphatic rings. The van der Waals surface area contributed by atoms with Crippen LogP contribution in [0.25, 0.3) is 0 Å². The van der Waals surface area contributed by atoms with Crippen molar-refractivity contribution in [2.24, 2.45) is 0 Å². The van der Waals surface area contributed by atoms with Crippen molar-refractivity contribution < 1.29 is 16.8 Å². The van der Waals surface area contributed by atoms with E-state index in [4.69, 9.17) is 44.8 Å². The number of aromatic nitrogens is 2. The zero-order chi connectivity index (χ0) is 40.9. The van der Waals surface area contributed by atoms with Gasteiger partial charge in [-0.15, -0.1) is 22.7 Å². The molecule has 0 N–H and O–H groups in total. The highest BCUT2D eigenvalue weighted by atomic mass is 79.9. The summed E-state index contributed by atoms with van der Waals surface area (Å²) < 4.78 is 55.6. The van der Waals surface area contributed by atoms with Gasteiger partial charge in [0.2, 0.25) is 20.0 Å². The highest BCUT2D eigenvalue weighted by Gasteiger charge is 2.32. The predicted molar refractivity (Wildman–Crippen MR) is 240 cm³/mol. The normalized spacial score (nSPS) is 15.6. The molecule has 2 fully saturated rings. The minimum atomic E-state index is -3.59. The van der Waals surface area contributed by atoms with Crippen LogP contribution in [-0.2, 0) is 32.9 Å². The van der Waals surface area contributed by atoms with Crippen molar-refractivity contribution in [1.82, 2.24) is 18.6 Å². The summed E-state index contributed by atoms with van der Waals surface area (Å²) in [7, 11) is -7.18. The molecule has 0 amide bonds. The van der Waals surface area contributed by atoms with E-state index in [0.717, 1.165) is 49.6 Å². The van der Waals surface area contributed by atoms with Crippen molar-refractivity contribution in [3.05, 3.63) is 150 Å². The number of anilines is 2. The first-order valence-corrected chi connectivity index (χ1v) is 24.8. The molecule has 2 aromatic heterocycles. The van der Waals surface area contributed by atoms with Gasteiger partial charge >= 0.3 is 0 Å². The summed E-state index contributed by atoms with van der Waals surface area (Å²) in [4.78, 5) is 14.1. The van der Waals surface area contributed by atoms with Gasteiger partial charge < -0.3 is 9.80 Å². The van der Waals surface area contributed by atoms with Gasteiger partial charge in [-0.3, -0.25) is 0 Å². The van der Waals surface area contributed by atoms with Crippen LogP contribution in [0.3, 0.4) is 0 Å². The van der Waals surface area contributed by atoms with Crippen molar-refractivity contribution >= 4 is 104 Å². The number of hydrogen-bond acceptors (Lipinski definition) is 10. The molecule has 8 rings (SSSR count). The Balaban J connectivity index is 0.000000177. The van der Waals surface area contributed by atoms with E-state index in [-0.39, 0.29) is 19.8 Å². The summed E-state index contributed by atoms with van der Waals surface area (Å²) in [6.45, 7) is 4.03. The van der Waals surface area contributed by atoms with Crippen molar-refractivity contribution in [3.8, 4) is 0 Å².